The van der Waals surface area contributed by atoms with Gasteiger partial charge in [0, 0.05) is 19.8 Å². The molecule has 15 heavy (non-hydrogen) atoms. The van der Waals surface area contributed by atoms with E-state index in [1.165, 1.54) is 0 Å². The Morgan fingerprint density at radius 3 is 2.33 bits per heavy atom. The second kappa shape index (κ2) is 5.03. The van der Waals surface area contributed by atoms with Gasteiger partial charge in [-0.05, 0) is 17.7 Å². The minimum atomic E-state index is -0.883. The van der Waals surface area contributed by atoms with E-state index in [-0.39, 0.29) is 6.42 Å². The molecule has 1 atom stereocenters. The van der Waals surface area contributed by atoms with Gasteiger partial charge < -0.3 is 10.0 Å². The molecule has 0 aliphatic rings. The third-order valence-electron chi connectivity index (χ3n) is 2.13. The van der Waals surface area contributed by atoms with Crippen LogP contribution in [0, 0.1) is 0 Å². The zero-order chi connectivity index (χ0) is 11.4. The number of carbonyl (C=O) groups is 1. The summed E-state index contributed by atoms with van der Waals surface area (Å²) in [6.07, 6.45) is -0.0527. The third-order valence-corrected chi connectivity index (χ3v) is 2.53. The van der Waals surface area contributed by atoms with E-state index in [4.69, 9.17) is 16.7 Å². The minimum Gasteiger partial charge on any atom is -0.481 e. The first-order valence-electron chi connectivity index (χ1n) is 4.64. The summed E-state index contributed by atoms with van der Waals surface area (Å²) in [6, 6.07) is 7.56. The number of benzene rings is 1. The molecule has 0 radical (unpaired) electrons. The Morgan fingerprint density at radius 2 is 1.93 bits per heavy atom. The molecule has 0 saturated heterocycles. The molecule has 0 amide bonds. The molecule has 1 unspecified atom stereocenters. The van der Waals surface area contributed by atoms with Crippen molar-refractivity contribution in [3.05, 3.63) is 29.8 Å². The highest BCUT2D eigenvalue weighted by atomic mass is 35.5. The summed E-state index contributed by atoms with van der Waals surface area (Å²) in [6.45, 7) is 0. The van der Waals surface area contributed by atoms with Gasteiger partial charge in [0.15, 0.2) is 0 Å². The summed E-state index contributed by atoms with van der Waals surface area (Å²) >= 11 is 5.94. The molecule has 0 bridgehead atoms. The van der Waals surface area contributed by atoms with E-state index in [1.807, 2.05) is 43.3 Å². The smallest absolute Gasteiger partial charge is 0.305 e. The molecular formula is C11H14ClNO2. The van der Waals surface area contributed by atoms with Crippen LogP contribution in [0.15, 0.2) is 24.3 Å². The van der Waals surface area contributed by atoms with Gasteiger partial charge in [0.05, 0.1) is 11.8 Å². The van der Waals surface area contributed by atoms with Gasteiger partial charge in [-0.25, -0.2) is 0 Å². The highest BCUT2D eigenvalue weighted by molar-refractivity contribution is 6.21. The minimum absolute atomic E-state index is 0.0527. The number of anilines is 1. The van der Waals surface area contributed by atoms with Crippen LogP contribution in [-0.2, 0) is 4.79 Å². The molecule has 82 valence electrons. The fourth-order valence-corrected chi connectivity index (χ4v) is 1.53. The number of hydrogen-bond donors (Lipinski definition) is 1. The molecule has 0 aliphatic carbocycles. The average Bonchev–Trinajstić information content (AvgIpc) is 2.17. The standard InChI is InChI=1S/C11H14ClNO2/c1-13(2)9-5-3-8(4-6-9)10(12)7-11(14)15/h3-6,10H,7H2,1-2H3,(H,14,15). The van der Waals surface area contributed by atoms with Gasteiger partial charge in [-0.2, -0.15) is 0 Å². The Balaban J connectivity index is 2.75. The van der Waals surface area contributed by atoms with Crippen LogP contribution in [0.1, 0.15) is 17.4 Å². The number of aliphatic carboxylic acids is 1. The van der Waals surface area contributed by atoms with Crippen molar-refractivity contribution in [1.29, 1.82) is 0 Å². The molecule has 0 spiro atoms. The summed E-state index contributed by atoms with van der Waals surface area (Å²) in [5.41, 5.74) is 1.91. The highest BCUT2D eigenvalue weighted by Crippen LogP contribution is 2.25. The summed E-state index contributed by atoms with van der Waals surface area (Å²) in [4.78, 5) is 12.4. The van der Waals surface area contributed by atoms with Crippen molar-refractivity contribution in [1.82, 2.24) is 0 Å². The van der Waals surface area contributed by atoms with E-state index < -0.39 is 11.3 Å². The summed E-state index contributed by atoms with van der Waals surface area (Å²) in [5.74, 6) is -0.883. The van der Waals surface area contributed by atoms with E-state index in [2.05, 4.69) is 0 Å². The number of hydrogen-bond acceptors (Lipinski definition) is 2. The van der Waals surface area contributed by atoms with Gasteiger partial charge in [0.25, 0.3) is 0 Å². The van der Waals surface area contributed by atoms with E-state index in [0.29, 0.717) is 0 Å². The summed E-state index contributed by atoms with van der Waals surface area (Å²) in [5, 5.41) is 8.14. The van der Waals surface area contributed by atoms with Gasteiger partial charge in [0.1, 0.15) is 0 Å². The van der Waals surface area contributed by atoms with E-state index in [1.54, 1.807) is 0 Å². The van der Waals surface area contributed by atoms with Gasteiger partial charge in [0.2, 0.25) is 0 Å². The number of carboxylic acids is 1. The Kier molecular flexibility index (Phi) is 3.97. The predicted molar refractivity (Wildman–Crippen MR) is 61.6 cm³/mol. The van der Waals surface area contributed by atoms with Crippen LogP contribution in [0.25, 0.3) is 0 Å². The van der Waals surface area contributed by atoms with E-state index >= 15 is 0 Å². The molecule has 1 aromatic carbocycles. The van der Waals surface area contributed by atoms with Gasteiger partial charge in [-0.1, -0.05) is 12.1 Å². The molecule has 4 heteroatoms. The molecule has 0 aliphatic heterocycles. The Labute approximate surface area is 94.3 Å². The fraction of sp³-hybridized carbons (Fsp3) is 0.364. The van der Waals surface area contributed by atoms with Crippen molar-refractivity contribution in [2.24, 2.45) is 0 Å². The van der Waals surface area contributed by atoms with Crippen LogP contribution in [0.5, 0.6) is 0 Å². The number of carboxylic acid groups (broad SMARTS) is 1. The molecule has 1 aromatic rings. The Bertz CT molecular complexity index is 335. The van der Waals surface area contributed by atoms with Crippen LogP contribution in [-0.4, -0.2) is 25.2 Å². The predicted octanol–water partition coefficient (Wildman–Crippen LogP) is 2.51. The van der Waals surface area contributed by atoms with Crippen LogP contribution in [0.3, 0.4) is 0 Å². The third kappa shape index (κ3) is 3.44. The van der Waals surface area contributed by atoms with Gasteiger partial charge in [-0.15, -0.1) is 11.6 Å². The Morgan fingerprint density at radius 1 is 1.40 bits per heavy atom. The molecule has 0 aromatic heterocycles. The van der Waals surface area contributed by atoms with Crippen molar-refractivity contribution in [3.8, 4) is 0 Å². The number of halogens is 1. The van der Waals surface area contributed by atoms with Gasteiger partial charge >= 0.3 is 5.97 Å². The lowest BCUT2D eigenvalue weighted by atomic mass is 10.1. The molecule has 0 heterocycles. The van der Waals surface area contributed by atoms with Crippen LogP contribution in [0.2, 0.25) is 0 Å². The number of nitrogens with zero attached hydrogens (tertiary/aromatic N) is 1. The molecule has 1 rings (SSSR count). The van der Waals surface area contributed by atoms with E-state index in [0.717, 1.165) is 11.3 Å². The van der Waals surface area contributed by atoms with E-state index in [9.17, 15) is 4.79 Å². The highest BCUT2D eigenvalue weighted by Gasteiger charge is 2.12. The normalized spacial score (nSPS) is 12.2. The molecule has 3 nitrogen and oxygen atoms in total. The fourth-order valence-electron chi connectivity index (χ4n) is 1.25. The second-order valence-electron chi connectivity index (χ2n) is 3.55. The second-order valence-corrected chi connectivity index (χ2v) is 4.08. The van der Waals surface area contributed by atoms with Crippen LogP contribution in [0.4, 0.5) is 5.69 Å². The summed E-state index contributed by atoms with van der Waals surface area (Å²) < 4.78 is 0. The van der Waals surface area contributed by atoms with Crippen molar-refractivity contribution < 1.29 is 9.90 Å². The first-order chi connectivity index (χ1) is 7.00. The van der Waals surface area contributed by atoms with Crippen molar-refractivity contribution in [3.63, 3.8) is 0 Å². The topological polar surface area (TPSA) is 40.5 Å². The first-order valence-corrected chi connectivity index (χ1v) is 5.07. The lowest BCUT2D eigenvalue weighted by molar-refractivity contribution is -0.137. The SMILES string of the molecule is CN(C)c1ccc(C(Cl)CC(=O)O)cc1. The zero-order valence-electron chi connectivity index (χ0n) is 8.77. The lowest BCUT2D eigenvalue weighted by Crippen LogP contribution is -2.08. The number of rotatable bonds is 4. The number of alkyl halides is 1. The van der Waals surface area contributed by atoms with Crippen LogP contribution < -0.4 is 4.90 Å². The van der Waals surface area contributed by atoms with Crippen molar-refractivity contribution >= 4 is 23.3 Å². The van der Waals surface area contributed by atoms with Crippen LogP contribution >= 0.6 is 11.6 Å². The Hall–Kier alpha value is -1.22. The first kappa shape index (κ1) is 11.9. The van der Waals surface area contributed by atoms with Crippen molar-refractivity contribution in [2.45, 2.75) is 11.8 Å². The average molecular weight is 228 g/mol. The molecule has 0 fully saturated rings. The molecule has 0 saturated carbocycles. The maximum Gasteiger partial charge on any atom is 0.305 e. The summed E-state index contributed by atoms with van der Waals surface area (Å²) in [7, 11) is 3.90. The maximum absolute atomic E-state index is 10.5. The molecular weight excluding hydrogens is 214 g/mol. The largest absolute Gasteiger partial charge is 0.481 e. The van der Waals surface area contributed by atoms with Crippen molar-refractivity contribution in [2.75, 3.05) is 19.0 Å². The van der Waals surface area contributed by atoms with Gasteiger partial charge in [-0.3, -0.25) is 4.79 Å². The maximum atomic E-state index is 10.5. The monoisotopic (exact) mass is 227 g/mol. The quantitative estimate of drug-likeness (QED) is 0.804. The molecule has 1 N–H and O–H groups in total. The lowest BCUT2D eigenvalue weighted by Gasteiger charge is -2.13. The zero-order valence-corrected chi connectivity index (χ0v) is 9.53.